The van der Waals surface area contributed by atoms with Crippen molar-refractivity contribution in [1.29, 1.82) is 0 Å². The standard InChI is InChI=1S/C20H24N6O6/c21-24-23-14-4-5-15(16(7-14)26(31)32)22-8-12-2-1-3-13(6-12)9-25-10-18(28)20(30)19(29)17(25)11-27/h1-7,17-20,22,27-30H,8-11H2. The van der Waals surface area contributed by atoms with E-state index >= 15 is 0 Å². The van der Waals surface area contributed by atoms with Crippen LogP contribution in [0.1, 0.15) is 11.1 Å². The number of nitro benzene ring substituents is 1. The first kappa shape index (κ1) is 23.4. The monoisotopic (exact) mass is 444 g/mol. The highest BCUT2D eigenvalue weighted by Crippen LogP contribution is 2.30. The van der Waals surface area contributed by atoms with E-state index in [1.54, 1.807) is 4.90 Å². The summed E-state index contributed by atoms with van der Waals surface area (Å²) < 4.78 is 0. The lowest BCUT2D eigenvalue weighted by Gasteiger charge is -2.43. The molecule has 32 heavy (non-hydrogen) atoms. The zero-order chi connectivity index (χ0) is 23.3. The van der Waals surface area contributed by atoms with Gasteiger partial charge in [0.2, 0.25) is 0 Å². The van der Waals surface area contributed by atoms with Gasteiger partial charge in [-0.3, -0.25) is 15.0 Å². The lowest BCUT2D eigenvalue weighted by atomic mass is 9.93. The van der Waals surface area contributed by atoms with Gasteiger partial charge in [-0.15, -0.1) is 0 Å². The maximum atomic E-state index is 11.3. The summed E-state index contributed by atoms with van der Waals surface area (Å²) in [6.07, 6.45) is -3.73. The normalized spacial score (nSPS) is 23.4. The lowest BCUT2D eigenvalue weighted by molar-refractivity contribution is -0.383. The van der Waals surface area contributed by atoms with Crippen molar-refractivity contribution in [2.24, 2.45) is 5.11 Å². The van der Waals surface area contributed by atoms with Crippen molar-refractivity contribution in [2.45, 2.75) is 37.4 Å². The van der Waals surface area contributed by atoms with Gasteiger partial charge in [0.05, 0.1) is 23.7 Å². The molecule has 0 spiro atoms. The van der Waals surface area contributed by atoms with E-state index < -0.39 is 29.3 Å². The Labute approximate surface area is 183 Å². The summed E-state index contributed by atoms with van der Waals surface area (Å²) >= 11 is 0. The molecule has 1 saturated heterocycles. The fraction of sp³-hybridized carbons (Fsp3) is 0.400. The van der Waals surface area contributed by atoms with E-state index in [-0.39, 0.29) is 36.8 Å². The van der Waals surface area contributed by atoms with Crippen LogP contribution in [0.4, 0.5) is 17.1 Å². The van der Waals surface area contributed by atoms with E-state index in [1.807, 2.05) is 24.3 Å². The minimum absolute atomic E-state index is 0.0929. The van der Waals surface area contributed by atoms with Crippen LogP contribution in [0.2, 0.25) is 0 Å². The molecule has 170 valence electrons. The first-order valence-corrected chi connectivity index (χ1v) is 9.88. The third kappa shape index (κ3) is 5.32. The van der Waals surface area contributed by atoms with Gasteiger partial charge in [-0.05, 0) is 22.7 Å². The number of aliphatic hydroxyl groups excluding tert-OH is 4. The quantitative estimate of drug-likeness (QED) is 0.133. The maximum Gasteiger partial charge on any atom is 0.292 e. The zero-order valence-corrected chi connectivity index (χ0v) is 17.0. The van der Waals surface area contributed by atoms with Gasteiger partial charge in [0.15, 0.2) is 0 Å². The summed E-state index contributed by atoms with van der Waals surface area (Å²) in [7, 11) is 0. The van der Waals surface area contributed by atoms with Crippen molar-refractivity contribution in [2.75, 3.05) is 18.5 Å². The van der Waals surface area contributed by atoms with Gasteiger partial charge in [0, 0.05) is 36.3 Å². The molecule has 5 N–H and O–H groups in total. The summed E-state index contributed by atoms with van der Waals surface area (Å²) in [5.41, 5.74) is 10.4. The van der Waals surface area contributed by atoms with E-state index in [0.29, 0.717) is 6.54 Å². The van der Waals surface area contributed by atoms with Crippen molar-refractivity contribution in [3.05, 3.63) is 74.1 Å². The molecule has 1 heterocycles. The average Bonchev–Trinajstić information content (AvgIpc) is 2.77. The second-order valence-corrected chi connectivity index (χ2v) is 7.55. The number of nitrogens with one attached hydrogen (secondary N) is 1. The minimum Gasteiger partial charge on any atom is -0.395 e. The van der Waals surface area contributed by atoms with E-state index in [4.69, 9.17) is 5.53 Å². The second kappa shape index (κ2) is 10.4. The zero-order valence-electron chi connectivity index (χ0n) is 17.0. The molecule has 0 amide bonds. The topological polar surface area (TPSA) is 188 Å². The second-order valence-electron chi connectivity index (χ2n) is 7.55. The van der Waals surface area contributed by atoms with Crippen LogP contribution in [0.3, 0.4) is 0 Å². The highest BCUT2D eigenvalue weighted by Gasteiger charge is 2.40. The third-order valence-electron chi connectivity index (χ3n) is 5.41. The van der Waals surface area contributed by atoms with Crippen LogP contribution in [0.5, 0.6) is 0 Å². The molecule has 2 aromatic rings. The molecule has 3 rings (SSSR count). The number of azide groups is 1. The Hall–Kier alpha value is -3.25. The molecular weight excluding hydrogens is 420 g/mol. The maximum absolute atomic E-state index is 11.3. The molecule has 0 bridgehead atoms. The van der Waals surface area contributed by atoms with Crippen LogP contribution in [0.25, 0.3) is 10.4 Å². The van der Waals surface area contributed by atoms with Gasteiger partial charge >= 0.3 is 0 Å². The Bertz CT molecular complexity index is 1010. The summed E-state index contributed by atoms with van der Waals surface area (Å²) in [5, 5.41) is 57.3. The van der Waals surface area contributed by atoms with Crippen molar-refractivity contribution in [1.82, 2.24) is 4.90 Å². The van der Waals surface area contributed by atoms with Crippen LogP contribution in [-0.4, -0.2) is 67.8 Å². The molecule has 12 heteroatoms. The van der Waals surface area contributed by atoms with Crippen molar-refractivity contribution >= 4 is 17.1 Å². The van der Waals surface area contributed by atoms with Crippen LogP contribution in [0, 0.1) is 10.1 Å². The summed E-state index contributed by atoms with van der Waals surface area (Å²) in [5.74, 6) is 0. The summed E-state index contributed by atoms with van der Waals surface area (Å²) in [4.78, 5) is 15.1. The van der Waals surface area contributed by atoms with Crippen LogP contribution >= 0.6 is 0 Å². The number of nitrogens with zero attached hydrogens (tertiary/aromatic N) is 5. The van der Waals surface area contributed by atoms with Gasteiger partial charge in [0.1, 0.15) is 17.9 Å². The number of anilines is 1. The van der Waals surface area contributed by atoms with E-state index in [0.717, 1.165) is 11.1 Å². The van der Waals surface area contributed by atoms with Crippen molar-refractivity contribution in [3.63, 3.8) is 0 Å². The Morgan fingerprint density at radius 1 is 1.19 bits per heavy atom. The van der Waals surface area contributed by atoms with E-state index in [9.17, 15) is 30.5 Å². The molecule has 0 aromatic heterocycles. The number of hydrogen-bond acceptors (Lipinski definition) is 9. The number of β-amino-alcohol motifs (C(OH)–C–C–N with tert-alkyl or cyclic N) is 1. The Morgan fingerprint density at radius 2 is 1.94 bits per heavy atom. The predicted molar refractivity (Wildman–Crippen MR) is 115 cm³/mol. The molecule has 4 unspecified atom stereocenters. The SMILES string of the molecule is [N-]=[N+]=Nc1ccc(NCc2cccc(CN3CC(O)C(O)C(O)C3CO)c2)c([N+](=O)[O-])c1. The Balaban J connectivity index is 1.72. The number of likely N-dealkylation sites (tertiary alicyclic amines) is 1. The first-order valence-electron chi connectivity index (χ1n) is 9.88. The third-order valence-corrected chi connectivity index (χ3v) is 5.41. The van der Waals surface area contributed by atoms with Crippen LogP contribution < -0.4 is 5.32 Å². The molecule has 0 radical (unpaired) electrons. The molecule has 2 aromatic carbocycles. The fourth-order valence-electron chi connectivity index (χ4n) is 3.76. The summed E-state index contributed by atoms with van der Waals surface area (Å²) in [6, 6.07) is 10.8. The van der Waals surface area contributed by atoms with Gasteiger partial charge in [-0.1, -0.05) is 35.4 Å². The van der Waals surface area contributed by atoms with E-state index in [1.165, 1.54) is 18.2 Å². The average molecular weight is 444 g/mol. The molecule has 12 nitrogen and oxygen atoms in total. The lowest BCUT2D eigenvalue weighted by Crippen LogP contribution is -2.62. The number of benzene rings is 2. The van der Waals surface area contributed by atoms with Crippen molar-refractivity contribution < 1.29 is 25.3 Å². The molecular formula is C20H24N6O6. The predicted octanol–water partition coefficient (Wildman–Crippen LogP) is 1.41. The molecule has 4 atom stereocenters. The molecule has 0 aliphatic carbocycles. The van der Waals surface area contributed by atoms with Gasteiger partial charge in [0.25, 0.3) is 5.69 Å². The largest absolute Gasteiger partial charge is 0.395 e. The minimum atomic E-state index is -1.32. The molecule has 1 aliphatic heterocycles. The van der Waals surface area contributed by atoms with Gasteiger partial charge in [-0.25, -0.2) is 0 Å². The summed E-state index contributed by atoms with van der Waals surface area (Å²) in [6.45, 7) is 0.321. The number of aliphatic hydroxyl groups is 4. The van der Waals surface area contributed by atoms with Gasteiger partial charge in [-0.2, -0.15) is 0 Å². The number of rotatable bonds is 8. The highest BCUT2D eigenvalue weighted by atomic mass is 16.6. The Morgan fingerprint density at radius 3 is 2.62 bits per heavy atom. The smallest absolute Gasteiger partial charge is 0.292 e. The molecule has 0 saturated carbocycles. The van der Waals surface area contributed by atoms with E-state index in [2.05, 4.69) is 15.3 Å². The number of piperidine rings is 1. The molecule has 1 fully saturated rings. The molecule has 1 aliphatic rings. The highest BCUT2D eigenvalue weighted by molar-refractivity contribution is 5.66. The first-order chi connectivity index (χ1) is 15.3. The number of nitro groups is 1. The van der Waals surface area contributed by atoms with Crippen molar-refractivity contribution in [3.8, 4) is 0 Å². The van der Waals surface area contributed by atoms with Crippen LogP contribution in [-0.2, 0) is 13.1 Å². The number of hydrogen-bond donors (Lipinski definition) is 5. The Kier molecular flexibility index (Phi) is 7.59. The fourth-order valence-corrected chi connectivity index (χ4v) is 3.76. The van der Waals surface area contributed by atoms with Crippen LogP contribution in [0.15, 0.2) is 47.6 Å². The van der Waals surface area contributed by atoms with Gasteiger partial charge < -0.3 is 25.7 Å².